The molecule has 3 aromatic rings. The molecule has 0 aliphatic carbocycles. The summed E-state index contributed by atoms with van der Waals surface area (Å²) in [7, 11) is 0. The molecule has 0 bridgehead atoms. The number of benzene rings is 2. The maximum atomic E-state index is 13.3. The Bertz CT molecular complexity index is 990. The Morgan fingerprint density at radius 2 is 1.93 bits per heavy atom. The molecule has 2 heterocycles. The molecule has 1 atom stereocenters. The summed E-state index contributed by atoms with van der Waals surface area (Å²) >= 11 is 2.87. The summed E-state index contributed by atoms with van der Waals surface area (Å²) in [4.78, 5) is 18.2. The second kappa shape index (κ2) is 7.22. The number of hydrogen-bond acceptors (Lipinski definition) is 6. The highest BCUT2D eigenvalue weighted by Crippen LogP contribution is 2.36. The monoisotopic (exact) mass is 408 g/mol. The summed E-state index contributed by atoms with van der Waals surface area (Å²) in [5, 5.41) is 5.67. The topological polar surface area (TPSA) is 66.0 Å². The third-order valence-corrected chi connectivity index (χ3v) is 5.56. The molecule has 0 saturated carbocycles. The van der Waals surface area contributed by atoms with Crippen LogP contribution in [0.3, 0.4) is 0 Å². The Kier molecular flexibility index (Phi) is 4.77. The second-order valence-electron chi connectivity index (χ2n) is 5.62. The molecule has 1 amide bonds. The zero-order chi connectivity index (χ0) is 19.0. The minimum Gasteiger partial charge on any atom is -0.364 e. The number of nitrogens with one attached hydrogen (secondary N) is 3. The van der Waals surface area contributed by atoms with Crippen molar-refractivity contribution in [3.8, 4) is 0 Å². The third kappa shape index (κ3) is 3.64. The summed E-state index contributed by atoms with van der Waals surface area (Å²) in [5.41, 5.74) is 2.72. The van der Waals surface area contributed by atoms with Crippen molar-refractivity contribution in [2.24, 2.45) is 0 Å². The van der Waals surface area contributed by atoms with Gasteiger partial charge in [-0.2, -0.15) is 0 Å². The van der Waals surface area contributed by atoms with Gasteiger partial charge in [-0.3, -0.25) is 9.78 Å². The predicted octanol–water partition coefficient (Wildman–Crippen LogP) is 4.53. The summed E-state index contributed by atoms with van der Waals surface area (Å²) in [6, 6.07) is 6.44. The highest BCUT2D eigenvalue weighted by molar-refractivity contribution is 7.97. The Balaban J connectivity index is 1.51. The van der Waals surface area contributed by atoms with Gasteiger partial charge in [-0.1, -0.05) is 0 Å². The average Bonchev–Trinajstić information content (AvgIpc) is 3.20. The third-order valence-electron chi connectivity index (χ3n) is 3.81. The molecule has 0 radical (unpaired) electrons. The smallest absolute Gasteiger partial charge is 0.255 e. The van der Waals surface area contributed by atoms with Crippen LogP contribution in [-0.4, -0.2) is 10.9 Å². The molecule has 3 N–H and O–H groups in total. The van der Waals surface area contributed by atoms with Gasteiger partial charge in [-0.15, -0.1) is 11.3 Å². The normalized spacial score (nSPS) is 15.7. The molecule has 4 rings (SSSR count). The van der Waals surface area contributed by atoms with E-state index in [1.807, 2.05) is 0 Å². The number of nitrogens with zero attached hydrogens (tertiary/aromatic N) is 1. The van der Waals surface area contributed by atoms with Crippen LogP contribution in [0.1, 0.15) is 21.4 Å². The number of carbonyl (C=O) groups excluding carboxylic acids is 1. The number of anilines is 2. The molecule has 10 heteroatoms. The summed E-state index contributed by atoms with van der Waals surface area (Å²) in [5.74, 6) is -4.87. The Morgan fingerprint density at radius 1 is 1.15 bits per heavy atom. The molecule has 0 fully saturated rings. The van der Waals surface area contributed by atoms with Crippen molar-refractivity contribution in [1.29, 1.82) is 0 Å². The molecule has 138 valence electrons. The van der Waals surface area contributed by atoms with Gasteiger partial charge < -0.3 is 10.6 Å². The summed E-state index contributed by atoms with van der Waals surface area (Å²) < 4.78 is 42.8. The first-order valence-corrected chi connectivity index (χ1v) is 9.38. The first-order valence-electron chi connectivity index (χ1n) is 7.68. The second-order valence-corrected chi connectivity index (χ2v) is 7.42. The van der Waals surface area contributed by atoms with Gasteiger partial charge in [0.2, 0.25) is 0 Å². The molecular weight excluding hydrogens is 397 g/mol. The van der Waals surface area contributed by atoms with E-state index in [9.17, 15) is 18.0 Å². The van der Waals surface area contributed by atoms with Crippen molar-refractivity contribution < 1.29 is 18.0 Å². The van der Waals surface area contributed by atoms with Crippen molar-refractivity contribution in [2.75, 3.05) is 10.6 Å². The number of amides is 1. The van der Waals surface area contributed by atoms with Crippen molar-refractivity contribution in [3.05, 3.63) is 69.9 Å². The number of hydrogen-bond donors (Lipinski definition) is 3. The largest absolute Gasteiger partial charge is 0.364 e. The zero-order valence-electron chi connectivity index (χ0n) is 13.4. The van der Waals surface area contributed by atoms with Crippen LogP contribution in [0.2, 0.25) is 0 Å². The minimum absolute atomic E-state index is 0.0974. The molecule has 0 spiro atoms. The van der Waals surface area contributed by atoms with Crippen molar-refractivity contribution in [2.45, 2.75) is 11.1 Å². The van der Waals surface area contributed by atoms with E-state index in [1.54, 1.807) is 29.9 Å². The zero-order valence-corrected chi connectivity index (χ0v) is 15.1. The predicted molar refractivity (Wildman–Crippen MR) is 98.2 cm³/mol. The van der Waals surface area contributed by atoms with Crippen LogP contribution in [0, 0.1) is 17.5 Å². The van der Waals surface area contributed by atoms with Gasteiger partial charge >= 0.3 is 0 Å². The van der Waals surface area contributed by atoms with Crippen molar-refractivity contribution in [1.82, 2.24) is 9.71 Å². The van der Waals surface area contributed by atoms with E-state index >= 15 is 0 Å². The Labute approximate surface area is 160 Å². The van der Waals surface area contributed by atoms with Crippen LogP contribution < -0.4 is 15.4 Å². The maximum Gasteiger partial charge on any atom is 0.255 e. The molecule has 0 saturated heterocycles. The molecule has 27 heavy (non-hydrogen) atoms. The van der Waals surface area contributed by atoms with E-state index in [4.69, 9.17) is 0 Å². The van der Waals surface area contributed by atoms with E-state index in [0.717, 1.165) is 27.6 Å². The molecule has 2 aromatic carbocycles. The minimum atomic E-state index is -1.58. The molecule has 1 unspecified atom stereocenters. The number of aromatic nitrogens is 1. The van der Waals surface area contributed by atoms with E-state index in [2.05, 4.69) is 20.3 Å². The Morgan fingerprint density at radius 3 is 2.63 bits per heavy atom. The SMILES string of the molecule is O=C(Nc1cc(F)c(F)c(F)c1)c1ccc2c(c1)SNC(c1cncs1)N2. The van der Waals surface area contributed by atoms with Crippen LogP contribution in [0.4, 0.5) is 24.5 Å². The van der Waals surface area contributed by atoms with Crippen LogP contribution in [0.25, 0.3) is 0 Å². The summed E-state index contributed by atoms with van der Waals surface area (Å²) in [6.45, 7) is 0. The fourth-order valence-corrected chi connectivity index (χ4v) is 4.05. The van der Waals surface area contributed by atoms with E-state index < -0.39 is 23.4 Å². The number of fused-ring (bicyclic) bond motifs is 1. The number of thiazole rings is 1. The lowest BCUT2D eigenvalue weighted by Gasteiger charge is -2.26. The van der Waals surface area contributed by atoms with Crippen molar-refractivity contribution >= 4 is 40.6 Å². The van der Waals surface area contributed by atoms with Gasteiger partial charge in [0, 0.05) is 34.5 Å². The molecule has 1 aliphatic heterocycles. The van der Waals surface area contributed by atoms with Gasteiger partial charge in [0.1, 0.15) is 6.17 Å². The molecule has 1 aliphatic rings. The molecule has 5 nitrogen and oxygen atoms in total. The van der Waals surface area contributed by atoms with Gasteiger partial charge in [0.15, 0.2) is 17.5 Å². The summed E-state index contributed by atoms with van der Waals surface area (Å²) in [6.07, 6.45) is 1.67. The fourth-order valence-electron chi connectivity index (χ4n) is 2.50. The highest BCUT2D eigenvalue weighted by Gasteiger charge is 2.22. The molecular formula is C17H11F3N4OS2. The number of carbonyl (C=O) groups is 1. The van der Waals surface area contributed by atoms with E-state index in [0.29, 0.717) is 5.56 Å². The van der Waals surface area contributed by atoms with E-state index in [1.165, 1.54) is 23.3 Å². The van der Waals surface area contributed by atoms with Crippen LogP contribution >= 0.6 is 23.3 Å². The van der Waals surface area contributed by atoms with E-state index in [-0.39, 0.29) is 11.9 Å². The quantitative estimate of drug-likeness (QED) is 0.439. The van der Waals surface area contributed by atoms with Gasteiger partial charge in [-0.05, 0) is 30.1 Å². The van der Waals surface area contributed by atoms with Crippen LogP contribution in [0.15, 0.2) is 46.9 Å². The maximum absolute atomic E-state index is 13.3. The average molecular weight is 408 g/mol. The van der Waals surface area contributed by atoms with Crippen LogP contribution in [-0.2, 0) is 0 Å². The first-order chi connectivity index (χ1) is 13.0. The lowest BCUT2D eigenvalue weighted by atomic mass is 10.1. The number of halogens is 3. The Hall–Kier alpha value is -2.56. The van der Waals surface area contributed by atoms with Gasteiger partial charge in [-0.25, -0.2) is 17.9 Å². The first kappa shape index (κ1) is 17.8. The fraction of sp³-hybridized carbons (Fsp3) is 0.0588. The van der Waals surface area contributed by atoms with Gasteiger partial charge in [0.25, 0.3) is 5.91 Å². The highest BCUT2D eigenvalue weighted by atomic mass is 32.2. The van der Waals surface area contributed by atoms with Crippen molar-refractivity contribution in [3.63, 3.8) is 0 Å². The lowest BCUT2D eigenvalue weighted by molar-refractivity contribution is 0.102. The van der Waals surface area contributed by atoms with Gasteiger partial charge in [0.05, 0.1) is 16.1 Å². The molecule has 1 aromatic heterocycles. The lowest BCUT2D eigenvalue weighted by Crippen LogP contribution is -2.26. The van der Waals surface area contributed by atoms with Crippen LogP contribution in [0.5, 0.6) is 0 Å². The standard InChI is InChI=1S/C17H11F3N4OS2/c18-10-4-9(5-11(19)15(10)20)22-17(25)8-1-2-12-13(3-8)27-24-16(23-12)14-6-21-7-26-14/h1-7,16,23-24H,(H,22,25). The number of rotatable bonds is 3.